The van der Waals surface area contributed by atoms with Gasteiger partial charge in [0, 0.05) is 21.6 Å². The average molecular weight is 685 g/mol. The Morgan fingerprint density at radius 3 is 2.51 bits per heavy atom. The average Bonchev–Trinajstić information content (AvgIpc) is 3.44. The first-order valence-electron chi connectivity index (χ1n) is 14.4. The number of fused-ring (bicyclic) bond motifs is 1. The van der Waals surface area contributed by atoms with Gasteiger partial charge in [-0.15, -0.1) is 5.10 Å². The van der Waals surface area contributed by atoms with Crippen molar-refractivity contribution >= 4 is 45.2 Å². The summed E-state index contributed by atoms with van der Waals surface area (Å²) in [5, 5.41) is 11.7. The lowest BCUT2D eigenvalue weighted by atomic mass is 9.94. The fraction of sp³-hybridized carbons (Fsp3) is 0.171. The summed E-state index contributed by atoms with van der Waals surface area (Å²) in [6, 6.07) is 27.6. The van der Waals surface area contributed by atoms with E-state index in [-0.39, 0.29) is 11.7 Å². The number of halogens is 2. The number of benzene rings is 4. The lowest BCUT2D eigenvalue weighted by molar-refractivity contribution is -0.113. The van der Waals surface area contributed by atoms with Crippen molar-refractivity contribution in [1.29, 1.82) is 0 Å². The number of amides is 1. The number of carbonyl (C=O) groups excluding carboxylic acids is 1. The predicted octanol–water partition coefficient (Wildman–Crippen LogP) is 8.60. The lowest BCUT2D eigenvalue weighted by Gasteiger charge is -2.29. The van der Waals surface area contributed by atoms with Crippen LogP contribution < -0.4 is 15.4 Å². The minimum atomic E-state index is -0.567. The van der Waals surface area contributed by atoms with E-state index in [1.807, 2.05) is 93.6 Å². The molecule has 7 nitrogen and oxygen atoms in total. The highest BCUT2D eigenvalue weighted by atomic mass is 79.9. The van der Waals surface area contributed by atoms with Crippen LogP contribution in [0.3, 0.4) is 0 Å². The highest BCUT2D eigenvalue weighted by Crippen LogP contribution is 2.38. The molecule has 0 spiro atoms. The van der Waals surface area contributed by atoms with Crippen LogP contribution in [0.25, 0.3) is 0 Å². The van der Waals surface area contributed by atoms with E-state index in [2.05, 4.69) is 26.6 Å². The highest BCUT2D eigenvalue weighted by Gasteiger charge is 2.34. The number of nitrogens with one attached hydrogen (secondary N) is 2. The number of rotatable bonds is 9. The third-order valence-corrected chi connectivity index (χ3v) is 9.17. The topological polar surface area (TPSA) is 81.1 Å². The number of ether oxygens (including phenoxy) is 1. The number of hydrogen-bond acceptors (Lipinski definition) is 6. The smallest absolute Gasteiger partial charge is 0.255 e. The van der Waals surface area contributed by atoms with Crippen LogP contribution in [0, 0.1) is 19.7 Å². The molecular formula is C35H31BrFN5O2S. The van der Waals surface area contributed by atoms with Crippen LogP contribution >= 0.6 is 27.7 Å². The fourth-order valence-corrected chi connectivity index (χ4v) is 6.20. The van der Waals surface area contributed by atoms with Gasteiger partial charge in [0.25, 0.3) is 5.91 Å². The van der Waals surface area contributed by atoms with Gasteiger partial charge >= 0.3 is 0 Å². The second-order valence-electron chi connectivity index (χ2n) is 10.8. The van der Waals surface area contributed by atoms with Crippen LogP contribution in [0.5, 0.6) is 5.75 Å². The van der Waals surface area contributed by atoms with Gasteiger partial charge in [-0.1, -0.05) is 82.3 Å². The number of allylic oxidation sites excluding steroid dienone is 1. The first-order chi connectivity index (χ1) is 21.8. The molecule has 1 unspecified atom stereocenters. The van der Waals surface area contributed by atoms with Crippen molar-refractivity contribution < 1.29 is 13.9 Å². The third kappa shape index (κ3) is 6.82. The number of thioether (sulfide) groups is 1. The van der Waals surface area contributed by atoms with Gasteiger partial charge in [-0.3, -0.25) is 4.79 Å². The van der Waals surface area contributed by atoms with Crippen molar-refractivity contribution in [3.05, 3.63) is 140 Å². The Kier molecular flexibility index (Phi) is 9.04. The largest absolute Gasteiger partial charge is 0.489 e. The molecule has 0 radical (unpaired) electrons. The molecule has 2 heterocycles. The van der Waals surface area contributed by atoms with Crippen LogP contribution in [0.15, 0.2) is 112 Å². The van der Waals surface area contributed by atoms with E-state index in [1.165, 1.54) is 17.8 Å². The van der Waals surface area contributed by atoms with Crippen molar-refractivity contribution in [2.75, 3.05) is 10.6 Å². The maximum Gasteiger partial charge on any atom is 0.255 e. The summed E-state index contributed by atoms with van der Waals surface area (Å²) in [7, 11) is 0. The van der Waals surface area contributed by atoms with Crippen LogP contribution in [0.4, 0.5) is 16.0 Å². The van der Waals surface area contributed by atoms with Crippen LogP contribution in [0.2, 0.25) is 0 Å². The SMILES string of the molecule is CC1=C(C(=O)Nc2cccc(C)c2C)C(c2ccc(OCc3ccc(Br)cc3)cc2)n2nc(SCc3ccccc3F)nc2N1. The van der Waals surface area contributed by atoms with Gasteiger partial charge in [-0.25, -0.2) is 9.07 Å². The number of aromatic nitrogens is 3. The molecule has 0 saturated carbocycles. The molecule has 1 aliphatic rings. The van der Waals surface area contributed by atoms with E-state index < -0.39 is 6.04 Å². The third-order valence-electron chi connectivity index (χ3n) is 7.76. The summed E-state index contributed by atoms with van der Waals surface area (Å²) in [5.41, 5.74) is 6.50. The molecule has 6 rings (SSSR count). The number of hydrogen-bond donors (Lipinski definition) is 2. The molecule has 10 heteroatoms. The number of carbonyl (C=O) groups is 1. The van der Waals surface area contributed by atoms with E-state index in [0.717, 1.165) is 32.4 Å². The Morgan fingerprint density at radius 1 is 1.00 bits per heavy atom. The molecule has 228 valence electrons. The first-order valence-corrected chi connectivity index (χ1v) is 16.2. The number of aryl methyl sites for hydroxylation is 1. The zero-order valence-corrected chi connectivity index (χ0v) is 27.4. The predicted molar refractivity (Wildman–Crippen MR) is 180 cm³/mol. The molecule has 1 atom stereocenters. The van der Waals surface area contributed by atoms with Gasteiger partial charge in [-0.05, 0) is 85.0 Å². The van der Waals surface area contributed by atoms with Crippen molar-refractivity contribution in [1.82, 2.24) is 14.8 Å². The normalized spacial score (nSPS) is 14.1. The minimum absolute atomic E-state index is 0.240. The Labute approximate surface area is 274 Å². The van der Waals surface area contributed by atoms with Gasteiger partial charge in [0.15, 0.2) is 0 Å². The van der Waals surface area contributed by atoms with Gasteiger partial charge in [-0.2, -0.15) is 4.98 Å². The van der Waals surface area contributed by atoms with Gasteiger partial charge in [0.1, 0.15) is 24.2 Å². The van der Waals surface area contributed by atoms with Crippen LogP contribution in [-0.4, -0.2) is 20.7 Å². The summed E-state index contributed by atoms with van der Waals surface area (Å²) < 4.78 is 23.1. The maximum absolute atomic E-state index is 14.3. The molecule has 2 N–H and O–H groups in total. The Bertz CT molecular complexity index is 1890. The van der Waals surface area contributed by atoms with Crippen molar-refractivity contribution in [2.45, 2.75) is 44.3 Å². The maximum atomic E-state index is 14.3. The monoisotopic (exact) mass is 683 g/mol. The van der Waals surface area contributed by atoms with E-state index in [4.69, 9.17) is 14.8 Å². The Hall–Kier alpha value is -4.41. The molecule has 0 saturated heterocycles. The lowest BCUT2D eigenvalue weighted by Crippen LogP contribution is -2.31. The van der Waals surface area contributed by atoms with Crippen LogP contribution in [0.1, 0.15) is 40.8 Å². The summed E-state index contributed by atoms with van der Waals surface area (Å²) in [6.07, 6.45) is 0. The molecular weight excluding hydrogens is 653 g/mol. The first kappa shape index (κ1) is 30.6. The summed E-state index contributed by atoms with van der Waals surface area (Å²) in [4.78, 5) is 18.7. The van der Waals surface area contributed by atoms with E-state index in [0.29, 0.717) is 46.0 Å². The number of nitrogens with zero attached hydrogens (tertiary/aromatic N) is 3. The molecule has 1 amide bonds. The fourth-order valence-electron chi connectivity index (χ4n) is 5.12. The van der Waals surface area contributed by atoms with Crippen molar-refractivity contribution in [3.8, 4) is 5.75 Å². The summed E-state index contributed by atoms with van der Waals surface area (Å²) in [5.74, 6) is 1.08. The van der Waals surface area contributed by atoms with Crippen molar-refractivity contribution in [2.24, 2.45) is 0 Å². The zero-order chi connectivity index (χ0) is 31.5. The Morgan fingerprint density at radius 2 is 1.76 bits per heavy atom. The quantitative estimate of drug-likeness (QED) is 0.152. The molecule has 4 aromatic carbocycles. The standard InChI is InChI=1S/C35H31BrFN5O2S/c1-21-7-6-10-30(22(21)2)39-33(43)31-23(3)38-34-40-35(45-20-26-8-4-5-9-29(26)37)41-42(34)32(31)25-13-17-28(18-14-25)44-19-24-11-15-27(36)16-12-24/h4-18,32H,19-20H2,1-3H3,(H,39,43)(H,38,40,41). The molecule has 0 fully saturated rings. The molecule has 0 bridgehead atoms. The Balaban J connectivity index is 1.30. The van der Waals surface area contributed by atoms with Gasteiger partial charge < -0.3 is 15.4 Å². The zero-order valence-electron chi connectivity index (χ0n) is 25.0. The van der Waals surface area contributed by atoms with Crippen molar-refractivity contribution in [3.63, 3.8) is 0 Å². The highest BCUT2D eigenvalue weighted by molar-refractivity contribution is 9.10. The van der Waals surface area contributed by atoms with E-state index >= 15 is 0 Å². The minimum Gasteiger partial charge on any atom is -0.489 e. The van der Waals surface area contributed by atoms with Gasteiger partial charge in [0.05, 0.1) is 5.57 Å². The summed E-state index contributed by atoms with van der Waals surface area (Å²) in [6.45, 7) is 6.30. The van der Waals surface area contributed by atoms with E-state index in [1.54, 1.807) is 16.8 Å². The number of anilines is 2. The molecule has 1 aromatic heterocycles. The van der Waals surface area contributed by atoms with Crippen LogP contribution in [-0.2, 0) is 17.2 Å². The second kappa shape index (κ2) is 13.3. The summed E-state index contributed by atoms with van der Waals surface area (Å²) >= 11 is 4.80. The molecule has 45 heavy (non-hydrogen) atoms. The van der Waals surface area contributed by atoms with Gasteiger partial charge in [0.2, 0.25) is 11.1 Å². The second-order valence-corrected chi connectivity index (χ2v) is 12.7. The van der Waals surface area contributed by atoms with E-state index in [9.17, 15) is 9.18 Å². The molecule has 0 aliphatic carbocycles. The molecule has 5 aromatic rings. The molecule has 1 aliphatic heterocycles.